The lowest BCUT2D eigenvalue weighted by molar-refractivity contribution is 0.0921. The summed E-state index contributed by atoms with van der Waals surface area (Å²) in [5.41, 5.74) is 0. The van der Waals surface area contributed by atoms with E-state index in [9.17, 15) is 0 Å². The lowest BCUT2D eigenvalue weighted by atomic mass is 9.83. The SMILES string of the molecule is CCC1CCC(N(C)C2CNCC(C)C2)CC1. The molecule has 100 valence electrons. The van der Waals surface area contributed by atoms with Gasteiger partial charge in [0.1, 0.15) is 0 Å². The van der Waals surface area contributed by atoms with Crippen LogP contribution >= 0.6 is 0 Å². The van der Waals surface area contributed by atoms with Crippen LogP contribution in [0.5, 0.6) is 0 Å². The Kier molecular flexibility index (Phi) is 4.87. The summed E-state index contributed by atoms with van der Waals surface area (Å²) in [6, 6.07) is 1.64. The maximum Gasteiger partial charge on any atom is 0.0223 e. The van der Waals surface area contributed by atoms with Gasteiger partial charge in [-0.1, -0.05) is 20.3 Å². The predicted molar refractivity (Wildman–Crippen MR) is 74.2 cm³/mol. The molecule has 0 bridgehead atoms. The fraction of sp³-hybridized carbons (Fsp3) is 1.00. The molecule has 1 N–H and O–H groups in total. The van der Waals surface area contributed by atoms with Gasteiger partial charge in [-0.15, -0.1) is 0 Å². The number of nitrogens with one attached hydrogen (secondary N) is 1. The number of hydrogen-bond acceptors (Lipinski definition) is 2. The maximum atomic E-state index is 3.58. The molecular weight excluding hydrogens is 208 g/mol. The summed E-state index contributed by atoms with van der Waals surface area (Å²) in [5, 5.41) is 3.58. The monoisotopic (exact) mass is 238 g/mol. The molecule has 1 saturated carbocycles. The summed E-state index contributed by atoms with van der Waals surface area (Å²) >= 11 is 0. The van der Waals surface area contributed by atoms with E-state index in [1.54, 1.807) is 0 Å². The van der Waals surface area contributed by atoms with Crippen molar-refractivity contribution in [2.45, 2.75) is 64.5 Å². The highest BCUT2D eigenvalue weighted by Crippen LogP contribution is 2.30. The van der Waals surface area contributed by atoms with Crippen molar-refractivity contribution in [1.29, 1.82) is 0 Å². The minimum atomic E-state index is 0.780. The van der Waals surface area contributed by atoms with E-state index in [1.807, 2.05) is 0 Å². The number of nitrogens with zero attached hydrogens (tertiary/aromatic N) is 1. The van der Waals surface area contributed by atoms with Gasteiger partial charge in [-0.05, 0) is 57.5 Å². The van der Waals surface area contributed by atoms with Gasteiger partial charge in [0.2, 0.25) is 0 Å². The Balaban J connectivity index is 1.81. The number of piperidine rings is 1. The second-order valence-electron chi connectivity index (χ2n) is 6.40. The van der Waals surface area contributed by atoms with Crippen LogP contribution in [0.1, 0.15) is 52.4 Å². The van der Waals surface area contributed by atoms with Crippen LogP contribution < -0.4 is 5.32 Å². The first-order valence-corrected chi connectivity index (χ1v) is 7.63. The Morgan fingerprint density at radius 3 is 2.35 bits per heavy atom. The molecule has 2 nitrogen and oxygen atoms in total. The molecule has 1 aliphatic carbocycles. The molecule has 1 aliphatic heterocycles. The van der Waals surface area contributed by atoms with Crippen molar-refractivity contribution in [2.24, 2.45) is 11.8 Å². The normalized spacial score (nSPS) is 39.5. The first kappa shape index (κ1) is 13.4. The van der Waals surface area contributed by atoms with Gasteiger partial charge in [0.15, 0.2) is 0 Å². The molecule has 0 aromatic heterocycles. The van der Waals surface area contributed by atoms with Gasteiger partial charge in [0, 0.05) is 18.6 Å². The van der Waals surface area contributed by atoms with Crippen molar-refractivity contribution in [3.8, 4) is 0 Å². The lowest BCUT2D eigenvalue weighted by Gasteiger charge is -2.42. The molecule has 2 rings (SSSR count). The van der Waals surface area contributed by atoms with E-state index in [0.29, 0.717) is 0 Å². The average Bonchev–Trinajstić information content (AvgIpc) is 2.38. The van der Waals surface area contributed by atoms with Crippen LogP contribution in [0, 0.1) is 11.8 Å². The summed E-state index contributed by atoms with van der Waals surface area (Å²) < 4.78 is 0. The van der Waals surface area contributed by atoms with Crippen LogP contribution in [0.3, 0.4) is 0 Å². The molecule has 2 fully saturated rings. The van der Waals surface area contributed by atoms with Crippen molar-refractivity contribution in [2.75, 3.05) is 20.1 Å². The summed E-state index contributed by atoms with van der Waals surface area (Å²) in [6.07, 6.45) is 8.55. The van der Waals surface area contributed by atoms with E-state index in [4.69, 9.17) is 0 Å². The van der Waals surface area contributed by atoms with E-state index in [0.717, 1.165) is 23.9 Å². The summed E-state index contributed by atoms with van der Waals surface area (Å²) in [7, 11) is 2.36. The largest absolute Gasteiger partial charge is 0.315 e. The van der Waals surface area contributed by atoms with Crippen molar-refractivity contribution in [3.05, 3.63) is 0 Å². The van der Waals surface area contributed by atoms with Gasteiger partial charge < -0.3 is 5.32 Å². The highest BCUT2D eigenvalue weighted by Gasteiger charge is 2.29. The second-order valence-corrected chi connectivity index (χ2v) is 6.40. The molecule has 1 heterocycles. The Hall–Kier alpha value is -0.0800. The molecule has 1 saturated heterocycles. The number of rotatable bonds is 3. The van der Waals surface area contributed by atoms with Crippen LogP contribution in [0.2, 0.25) is 0 Å². The van der Waals surface area contributed by atoms with E-state index in [1.165, 1.54) is 51.6 Å². The first-order valence-electron chi connectivity index (χ1n) is 7.63. The summed E-state index contributed by atoms with van der Waals surface area (Å²) in [4.78, 5) is 2.69. The Bertz CT molecular complexity index is 221. The van der Waals surface area contributed by atoms with Gasteiger partial charge >= 0.3 is 0 Å². The second kappa shape index (κ2) is 6.19. The molecule has 0 spiro atoms. The molecule has 0 amide bonds. The van der Waals surface area contributed by atoms with E-state index in [-0.39, 0.29) is 0 Å². The van der Waals surface area contributed by atoms with Gasteiger partial charge in [-0.25, -0.2) is 0 Å². The standard InChI is InChI=1S/C15H30N2/c1-4-13-5-7-14(8-6-13)17(3)15-9-12(2)10-16-11-15/h12-16H,4-11H2,1-3H3. The third-order valence-corrected chi connectivity index (χ3v) is 5.09. The smallest absolute Gasteiger partial charge is 0.0223 e. The minimum absolute atomic E-state index is 0.780. The minimum Gasteiger partial charge on any atom is -0.315 e. The quantitative estimate of drug-likeness (QED) is 0.813. The summed E-state index contributed by atoms with van der Waals surface area (Å²) in [6.45, 7) is 7.14. The molecule has 0 radical (unpaired) electrons. The maximum absolute atomic E-state index is 3.58. The molecule has 2 unspecified atom stereocenters. The molecule has 0 aromatic carbocycles. The zero-order chi connectivity index (χ0) is 12.3. The van der Waals surface area contributed by atoms with Gasteiger partial charge in [0.25, 0.3) is 0 Å². The van der Waals surface area contributed by atoms with Crippen LogP contribution in [0.25, 0.3) is 0 Å². The third kappa shape index (κ3) is 3.45. The van der Waals surface area contributed by atoms with Gasteiger partial charge in [-0.3, -0.25) is 4.90 Å². The Morgan fingerprint density at radius 1 is 1.06 bits per heavy atom. The first-order chi connectivity index (χ1) is 8.20. The Morgan fingerprint density at radius 2 is 1.76 bits per heavy atom. The fourth-order valence-electron chi connectivity index (χ4n) is 3.70. The van der Waals surface area contributed by atoms with E-state index < -0.39 is 0 Å². The van der Waals surface area contributed by atoms with Crippen LogP contribution in [-0.2, 0) is 0 Å². The zero-order valence-electron chi connectivity index (χ0n) is 11.9. The molecular formula is C15H30N2. The highest BCUT2D eigenvalue weighted by atomic mass is 15.2. The predicted octanol–water partition coefficient (Wildman–Crippen LogP) is 2.89. The van der Waals surface area contributed by atoms with E-state index in [2.05, 4.69) is 31.1 Å². The van der Waals surface area contributed by atoms with Crippen molar-refractivity contribution < 1.29 is 0 Å². The zero-order valence-corrected chi connectivity index (χ0v) is 11.9. The van der Waals surface area contributed by atoms with Crippen LogP contribution in [0.15, 0.2) is 0 Å². The van der Waals surface area contributed by atoms with Crippen molar-refractivity contribution in [1.82, 2.24) is 10.2 Å². The molecule has 2 aliphatic rings. The van der Waals surface area contributed by atoms with Gasteiger partial charge in [0.05, 0.1) is 0 Å². The number of likely N-dealkylation sites (N-methyl/N-ethyl adjacent to an activating group) is 1. The van der Waals surface area contributed by atoms with Gasteiger partial charge in [-0.2, -0.15) is 0 Å². The third-order valence-electron chi connectivity index (χ3n) is 5.09. The lowest BCUT2D eigenvalue weighted by Crippen LogP contribution is -2.51. The molecule has 0 aromatic rings. The van der Waals surface area contributed by atoms with Crippen LogP contribution in [0.4, 0.5) is 0 Å². The number of hydrogen-bond donors (Lipinski definition) is 1. The topological polar surface area (TPSA) is 15.3 Å². The van der Waals surface area contributed by atoms with Crippen molar-refractivity contribution >= 4 is 0 Å². The highest BCUT2D eigenvalue weighted by molar-refractivity contribution is 4.86. The fourth-order valence-corrected chi connectivity index (χ4v) is 3.70. The summed E-state index contributed by atoms with van der Waals surface area (Å²) in [5.74, 6) is 1.87. The average molecular weight is 238 g/mol. The molecule has 17 heavy (non-hydrogen) atoms. The molecule has 2 heteroatoms. The van der Waals surface area contributed by atoms with Crippen LogP contribution in [-0.4, -0.2) is 37.1 Å². The Labute approximate surface area is 107 Å². The molecule has 2 atom stereocenters. The van der Waals surface area contributed by atoms with Crippen molar-refractivity contribution in [3.63, 3.8) is 0 Å². The van der Waals surface area contributed by atoms with E-state index >= 15 is 0 Å².